The molecule has 0 bridgehead atoms. The molecule has 0 aliphatic carbocycles. The number of amides is 1. The SMILES string of the molecule is O=C(NCC[C@@H]1CCCO1)c1cc(-c2ccc(F)cc2)nc2ccccc12. The van der Waals surface area contributed by atoms with Crippen molar-refractivity contribution in [2.75, 3.05) is 13.2 Å². The van der Waals surface area contributed by atoms with Gasteiger partial charge in [0.25, 0.3) is 5.91 Å². The highest BCUT2D eigenvalue weighted by atomic mass is 19.1. The number of nitrogens with zero attached hydrogens (tertiary/aromatic N) is 1. The van der Waals surface area contributed by atoms with Crippen LogP contribution in [0.15, 0.2) is 54.6 Å². The number of hydrogen-bond donors (Lipinski definition) is 1. The lowest BCUT2D eigenvalue weighted by atomic mass is 10.0. The fraction of sp³-hybridized carbons (Fsp3) is 0.273. The second-order valence-electron chi connectivity index (χ2n) is 6.76. The van der Waals surface area contributed by atoms with Crippen molar-refractivity contribution in [1.29, 1.82) is 0 Å². The van der Waals surface area contributed by atoms with Gasteiger partial charge in [-0.15, -0.1) is 0 Å². The van der Waals surface area contributed by atoms with Crippen LogP contribution in [0.25, 0.3) is 22.2 Å². The average Bonchev–Trinajstić information content (AvgIpc) is 3.21. The first-order valence-corrected chi connectivity index (χ1v) is 9.26. The zero-order chi connectivity index (χ0) is 18.6. The summed E-state index contributed by atoms with van der Waals surface area (Å²) in [5, 5.41) is 3.80. The first-order chi connectivity index (χ1) is 13.2. The van der Waals surface area contributed by atoms with Gasteiger partial charge in [0, 0.05) is 24.1 Å². The van der Waals surface area contributed by atoms with Crippen molar-refractivity contribution in [3.05, 3.63) is 66.0 Å². The molecule has 1 aromatic heterocycles. The van der Waals surface area contributed by atoms with Gasteiger partial charge in [-0.2, -0.15) is 0 Å². The summed E-state index contributed by atoms with van der Waals surface area (Å²) < 4.78 is 18.8. The third-order valence-corrected chi connectivity index (χ3v) is 4.88. The number of para-hydroxylation sites is 1. The van der Waals surface area contributed by atoms with E-state index in [9.17, 15) is 9.18 Å². The second kappa shape index (κ2) is 7.84. The quantitative estimate of drug-likeness (QED) is 0.733. The molecule has 1 atom stereocenters. The molecule has 1 aliphatic heterocycles. The first kappa shape index (κ1) is 17.6. The molecule has 138 valence electrons. The van der Waals surface area contributed by atoms with E-state index in [-0.39, 0.29) is 17.8 Å². The van der Waals surface area contributed by atoms with Gasteiger partial charge in [0.15, 0.2) is 0 Å². The molecule has 0 unspecified atom stereocenters. The summed E-state index contributed by atoms with van der Waals surface area (Å²) >= 11 is 0. The number of carbonyl (C=O) groups excluding carboxylic acids is 1. The van der Waals surface area contributed by atoms with E-state index >= 15 is 0 Å². The van der Waals surface area contributed by atoms with E-state index in [0.717, 1.165) is 42.3 Å². The van der Waals surface area contributed by atoms with Crippen molar-refractivity contribution >= 4 is 16.8 Å². The lowest BCUT2D eigenvalue weighted by Gasteiger charge is -2.12. The van der Waals surface area contributed by atoms with Gasteiger partial charge >= 0.3 is 0 Å². The van der Waals surface area contributed by atoms with Gasteiger partial charge in [0.1, 0.15) is 5.82 Å². The highest BCUT2D eigenvalue weighted by Crippen LogP contribution is 2.25. The number of benzene rings is 2. The summed E-state index contributed by atoms with van der Waals surface area (Å²) in [5.74, 6) is -0.429. The fourth-order valence-electron chi connectivity index (χ4n) is 3.45. The monoisotopic (exact) mass is 364 g/mol. The minimum Gasteiger partial charge on any atom is -0.378 e. The van der Waals surface area contributed by atoms with E-state index in [0.29, 0.717) is 17.8 Å². The Morgan fingerprint density at radius 1 is 1.19 bits per heavy atom. The molecular weight excluding hydrogens is 343 g/mol. The van der Waals surface area contributed by atoms with Crippen LogP contribution < -0.4 is 5.32 Å². The summed E-state index contributed by atoms with van der Waals surface area (Å²) in [7, 11) is 0. The normalized spacial score (nSPS) is 16.6. The first-order valence-electron chi connectivity index (χ1n) is 9.26. The maximum atomic E-state index is 13.2. The Hall–Kier alpha value is -2.79. The number of ether oxygens (including phenoxy) is 1. The summed E-state index contributed by atoms with van der Waals surface area (Å²) in [4.78, 5) is 17.5. The van der Waals surface area contributed by atoms with Gasteiger partial charge < -0.3 is 10.1 Å². The lowest BCUT2D eigenvalue weighted by molar-refractivity contribution is 0.0908. The Kier molecular flexibility index (Phi) is 5.12. The number of hydrogen-bond acceptors (Lipinski definition) is 3. The molecule has 0 radical (unpaired) electrons. The molecule has 2 heterocycles. The van der Waals surface area contributed by atoms with Gasteiger partial charge in [-0.25, -0.2) is 9.37 Å². The largest absolute Gasteiger partial charge is 0.378 e. The highest BCUT2D eigenvalue weighted by molar-refractivity contribution is 6.07. The number of halogens is 1. The molecule has 1 fully saturated rings. The maximum Gasteiger partial charge on any atom is 0.252 e. The highest BCUT2D eigenvalue weighted by Gasteiger charge is 2.17. The number of pyridine rings is 1. The Balaban J connectivity index is 1.61. The topological polar surface area (TPSA) is 51.2 Å². The minimum absolute atomic E-state index is 0.130. The van der Waals surface area contributed by atoms with Crippen molar-refractivity contribution in [1.82, 2.24) is 10.3 Å². The van der Waals surface area contributed by atoms with E-state index in [1.54, 1.807) is 18.2 Å². The van der Waals surface area contributed by atoms with Crippen molar-refractivity contribution in [3.63, 3.8) is 0 Å². The van der Waals surface area contributed by atoms with E-state index < -0.39 is 0 Å². The lowest BCUT2D eigenvalue weighted by Crippen LogP contribution is -2.27. The fourth-order valence-corrected chi connectivity index (χ4v) is 3.45. The van der Waals surface area contributed by atoms with Crippen LogP contribution in [0.2, 0.25) is 0 Å². The summed E-state index contributed by atoms with van der Waals surface area (Å²) in [6.45, 7) is 1.39. The molecule has 1 N–H and O–H groups in total. The van der Waals surface area contributed by atoms with Crippen LogP contribution in [-0.4, -0.2) is 30.1 Å². The molecule has 1 aliphatic rings. The minimum atomic E-state index is -0.299. The maximum absolute atomic E-state index is 13.2. The molecule has 3 aromatic rings. The Morgan fingerprint density at radius 3 is 2.78 bits per heavy atom. The van der Waals surface area contributed by atoms with Gasteiger partial charge in [-0.05, 0) is 55.7 Å². The third-order valence-electron chi connectivity index (χ3n) is 4.88. The predicted octanol–water partition coefficient (Wildman–Crippen LogP) is 4.34. The molecule has 4 rings (SSSR count). The van der Waals surface area contributed by atoms with Crippen LogP contribution in [0, 0.1) is 5.82 Å². The summed E-state index contributed by atoms with van der Waals surface area (Å²) in [6.07, 6.45) is 3.21. The Labute approximate surface area is 157 Å². The van der Waals surface area contributed by atoms with Crippen molar-refractivity contribution in [2.45, 2.75) is 25.4 Å². The van der Waals surface area contributed by atoms with Crippen LogP contribution in [0.1, 0.15) is 29.6 Å². The van der Waals surface area contributed by atoms with E-state index in [2.05, 4.69) is 10.3 Å². The molecule has 0 saturated carbocycles. The van der Waals surface area contributed by atoms with Crippen molar-refractivity contribution in [3.8, 4) is 11.3 Å². The van der Waals surface area contributed by atoms with Gasteiger partial charge in [0.05, 0.1) is 22.9 Å². The predicted molar refractivity (Wildman–Crippen MR) is 103 cm³/mol. The molecule has 4 nitrogen and oxygen atoms in total. The molecule has 5 heteroatoms. The number of rotatable bonds is 5. The van der Waals surface area contributed by atoms with Gasteiger partial charge in [0.2, 0.25) is 0 Å². The van der Waals surface area contributed by atoms with Crippen LogP contribution in [0.4, 0.5) is 4.39 Å². The van der Waals surface area contributed by atoms with Crippen molar-refractivity contribution in [2.24, 2.45) is 0 Å². The van der Waals surface area contributed by atoms with Gasteiger partial charge in [-0.1, -0.05) is 18.2 Å². The third kappa shape index (κ3) is 3.98. The van der Waals surface area contributed by atoms with E-state index in [1.807, 2.05) is 24.3 Å². The van der Waals surface area contributed by atoms with Crippen LogP contribution in [0.5, 0.6) is 0 Å². The standard InChI is InChI=1S/C22H21FN2O2/c23-16-9-7-15(8-10-16)21-14-19(18-5-1-2-6-20(18)25-21)22(26)24-12-11-17-4-3-13-27-17/h1-2,5-10,14,17H,3-4,11-13H2,(H,24,26)/t17-/m0/s1. The van der Waals surface area contributed by atoms with E-state index in [4.69, 9.17) is 4.74 Å². The molecule has 0 spiro atoms. The summed E-state index contributed by atoms with van der Waals surface area (Å²) in [5.41, 5.74) is 2.74. The summed E-state index contributed by atoms with van der Waals surface area (Å²) in [6, 6.07) is 15.5. The van der Waals surface area contributed by atoms with E-state index in [1.165, 1.54) is 12.1 Å². The molecule has 27 heavy (non-hydrogen) atoms. The van der Waals surface area contributed by atoms with Crippen LogP contribution in [0.3, 0.4) is 0 Å². The molecule has 2 aromatic carbocycles. The number of fused-ring (bicyclic) bond motifs is 1. The molecule has 1 amide bonds. The second-order valence-corrected chi connectivity index (χ2v) is 6.76. The van der Waals surface area contributed by atoms with Crippen molar-refractivity contribution < 1.29 is 13.9 Å². The van der Waals surface area contributed by atoms with Gasteiger partial charge in [-0.3, -0.25) is 4.79 Å². The number of nitrogens with one attached hydrogen (secondary N) is 1. The molecular formula is C22H21FN2O2. The zero-order valence-corrected chi connectivity index (χ0v) is 15.0. The van der Waals surface area contributed by atoms with Crippen LogP contribution in [-0.2, 0) is 4.74 Å². The average molecular weight is 364 g/mol. The van der Waals surface area contributed by atoms with Crippen LogP contribution >= 0.6 is 0 Å². The Morgan fingerprint density at radius 2 is 2.00 bits per heavy atom. The molecule has 1 saturated heterocycles. The smallest absolute Gasteiger partial charge is 0.252 e. The zero-order valence-electron chi connectivity index (χ0n) is 15.0. The Bertz CT molecular complexity index is 950. The number of aromatic nitrogens is 1. The number of carbonyl (C=O) groups is 1.